The summed E-state index contributed by atoms with van der Waals surface area (Å²) >= 11 is 5.77. The summed E-state index contributed by atoms with van der Waals surface area (Å²) in [5, 5.41) is 56.1. The number of benzene rings is 2. The molecular formula is C32H38ClFN2O11. The maximum Gasteiger partial charge on any atom is 0.247 e. The number of carbonyl (C=O) groups excluding carboxylic acids is 1. The van der Waals surface area contributed by atoms with Gasteiger partial charge in [-0.15, -0.1) is 0 Å². The number of halogens is 2. The van der Waals surface area contributed by atoms with E-state index in [1.807, 2.05) is 0 Å². The molecule has 1 aliphatic carbocycles. The Labute approximate surface area is 274 Å². The van der Waals surface area contributed by atoms with E-state index in [4.69, 9.17) is 41.0 Å². The standard InChI is InChI=1S/C32H38ClFN2O11/c1-14(8-9-43-20-7-5-17(33)12-18(20)34)26-29(40)32(3,42)31(47-26)46-21-6-4-16(11-19(21)35)10-15(2)30(41)36-22-23(37)25(39)28-27(24(22)38)44-13-45-28/h4-8,10-12,22-29,31,37-40,42H,9,13,35H2,1-3H3,(H,36,41)/b14-8-,15-10+/t22-,23+,24-,25-,26-,27+,28-,29-,31-,32-/m1/s1. The third-order valence-electron chi connectivity index (χ3n) is 8.53. The fourth-order valence-corrected chi connectivity index (χ4v) is 5.84. The van der Waals surface area contributed by atoms with E-state index >= 15 is 0 Å². The zero-order chi connectivity index (χ0) is 34.2. The fraction of sp³-hybridized carbons (Fsp3) is 0.469. The number of carbonyl (C=O) groups is 1. The lowest BCUT2D eigenvalue weighted by Gasteiger charge is -2.41. The lowest BCUT2D eigenvalue weighted by atomic mass is 9.83. The van der Waals surface area contributed by atoms with Crippen LogP contribution in [0.4, 0.5) is 10.1 Å². The molecule has 5 rings (SSSR count). The van der Waals surface area contributed by atoms with Crippen molar-refractivity contribution in [3.05, 3.63) is 70.0 Å². The summed E-state index contributed by atoms with van der Waals surface area (Å²) in [5.74, 6) is -1.10. The van der Waals surface area contributed by atoms with Gasteiger partial charge in [0.2, 0.25) is 12.2 Å². The SMILES string of the molecule is C/C(=C/COc1ccc(Cl)cc1F)[C@H]1O[C@@H](Oc2ccc(/C=C(\C)C(=O)N[C@@H]3[C@H](O)[C@@H](O)[C@H]4OCO[C@H]4[C@@H]3O)cc2N)[C@](C)(O)[C@@H]1O. The Kier molecular flexibility index (Phi) is 10.5. The van der Waals surface area contributed by atoms with Crippen LogP contribution in [0.3, 0.4) is 0 Å². The number of nitrogens with one attached hydrogen (secondary N) is 1. The normalized spacial score (nSPS) is 34.2. The van der Waals surface area contributed by atoms with E-state index in [-0.39, 0.29) is 41.2 Å². The Morgan fingerprint density at radius 1 is 1.09 bits per heavy atom. The van der Waals surface area contributed by atoms with Crippen molar-refractivity contribution in [2.24, 2.45) is 0 Å². The minimum absolute atomic E-state index is 0.00144. The highest BCUT2D eigenvalue weighted by molar-refractivity contribution is 6.30. The highest BCUT2D eigenvalue weighted by atomic mass is 35.5. The molecule has 0 bridgehead atoms. The molecule has 0 unspecified atom stereocenters. The second-order valence-electron chi connectivity index (χ2n) is 12.0. The van der Waals surface area contributed by atoms with Crippen LogP contribution in [0.15, 0.2) is 53.6 Å². The first-order valence-corrected chi connectivity index (χ1v) is 15.2. The third-order valence-corrected chi connectivity index (χ3v) is 8.77. The third kappa shape index (κ3) is 7.26. The molecule has 2 aromatic rings. The number of nitrogen functional groups attached to an aromatic ring is 1. The summed E-state index contributed by atoms with van der Waals surface area (Å²) < 4.78 is 41.7. The van der Waals surface area contributed by atoms with Gasteiger partial charge in [-0.3, -0.25) is 4.79 Å². The molecule has 256 valence electrons. The Hall–Kier alpha value is -3.31. The van der Waals surface area contributed by atoms with Crippen molar-refractivity contribution in [3.63, 3.8) is 0 Å². The number of ether oxygens (including phenoxy) is 5. The molecule has 13 nitrogen and oxygen atoms in total. The molecule has 47 heavy (non-hydrogen) atoms. The van der Waals surface area contributed by atoms with Crippen LogP contribution < -0.4 is 20.5 Å². The zero-order valence-corrected chi connectivity index (χ0v) is 26.5. The minimum Gasteiger partial charge on any atom is -0.486 e. The van der Waals surface area contributed by atoms with E-state index < -0.39 is 72.4 Å². The Balaban J connectivity index is 1.21. The van der Waals surface area contributed by atoms with Crippen molar-refractivity contribution in [2.45, 2.75) is 81.4 Å². The topological polar surface area (TPSA) is 202 Å². The molecule has 15 heteroatoms. The lowest BCUT2D eigenvalue weighted by Crippen LogP contribution is -2.67. The van der Waals surface area contributed by atoms with Crippen LogP contribution in [0.1, 0.15) is 26.3 Å². The molecule has 2 saturated heterocycles. The van der Waals surface area contributed by atoms with Crippen LogP contribution in [-0.2, 0) is 19.0 Å². The monoisotopic (exact) mass is 680 g/mol. The number of rotatable bonds is 9. The van der Waals surface area contributed by atoms with Gasteiger partial charge in [-0.05, 0) is 74.4 Å². The molecule has 1 saturated carbocycles. The summed E-state index contributed by atoms with van der Waals surface area (Å²) in [6, 6.07) is 7.43. The Morgan fingerprint density at radius 2 is 1.77 bits per heavy atom. The van der Waals surface area contributed by atoms with Gasteiger partial charge in [0.1, 0.15) is 61.9 Å². The second-order valence-corrected chi connectivity index (χ2v) is 12.4. The molecule has 0 spiro atoms. The number of amides is 1. The number of anilines is 1. The van der Waals surface area contributed by atoms with Crippen LogP contribution in [0.2, 0.25) is 5.02 Å². The first kappa shape index (κ1) is 35.0. The number of nitrogens with two attached hydrogens (primary N) is 1. The maximum atomic E-state index is 14.0. The summed E-state index contributed by atoms with van der Waals surface area (Å²) in [4.78, 5) is 12.9. The van der Waals surface area contributed by atoms with E-state index in [0.717, 1.165) is 6.07 Å². The number of hydrogen-bond donors (Lipinski definition) is 7. The average Bonchev–Trinajstić information content (AvgIpc) is 3.60. The first-order valence-electron chi connectivity index (χ1n) is 14.8. The largest absolute Gasteiger partial charge is 0.486 e. The van der Waals surface area contributed by atoms with Crippen molar-refractivity contribution in [3.8, 4) is 11.5 Å². The Bertz CT molecular complexity index is 1540. The van der Waals surface area contributed by atoms with E-state index in [1.165, 1.54) is 44.2 Å². The van der Waals surface area contributed by atoms with Crippen molar-refractivity contribution >= 4 is 29.3 Å². The molecule has 2 heterocycles. The van der Waals surface area contributed by atoms with Crippen molar-refractivity contribution in [2.75, 3.05) is 19.1 Å². The highest BCUT2D eigenvalue weighted by Crippen LogP contribution is 2.37. The lowest BCUT2D eigenvalue weighted by molar-refractivity contribution is -0.155. The molecule has 3 fully saturated rings. The van der Waals surface area contributed by atoms with Crippen LogP contribution in [-0.4, -0.2) is 106 Å². The van der Waals surface area contributed by atoms with Gasteiger partial charge in [0.15, 0.2) is 17.2 Å². The molecule has 0 aromatic heterocycles. The molecule has 1 amide bonds. The minimum atomic E-state index is -1.85. The molecular weight excluding hydrogens is 643 g/mol. The fourth-order valence-electron chi connectivity index (χ4n) is 5.68. The molecule has 0 radical (unpaired) electrons. The summed E-state index contributed by atoms with van der Waals surface area (Å²) in [6.45, 7) is 4.34. The predicted octanol–water partition coefficient (Wildman–Crippen LogP) is 1.03. The molecule has 8 N–H and O–H groups in total. The Morgan fingerprint density at radius 3 is 2.45 bits per heavy atom. The molecule has 2 aliphatic heterocycles. The van der Waals surface area contributed by atoms with E-state index in [0.29, 0.717) is 11.1 Å². The van der Waals surface area contributed by atoms with Gasteiger partial charge in [-0.25, -0.2) is 4.39 Å². The van der Waals surface area contributed by atoms with Crippen LogP contribution in [0.25, 0.3) is 6.08 Å². The second kappa shape index (κ2) is 14.0. The van der Waals surface area contributed by atoms with Gasteiger partial charge in [0.25, 0.3) is 0 Å². The van der Waals surface area contributed by atoms with Crippen LogP contribution >= 0.6 is 11.6 Å². The van der Waals surface area contributed by atoms with E-state index in [2.05, 4.69) is 5.32 Å². The van der Waals surface area contributed by atoms with Crippen molar-refractivity contribution in [1.29, 1.82) is 0 Å². The highest BCUT2D eigenvalue weighted by Gasteiger charge is 2.55. The van der Waals surface area contributed by atoms with Gasteiger partial charge < -0.3 is 60.3 Å². The van der Waals surface area contributed by atoms with Gasteiger partial charge in [-0.1, -0.05) is 17.7 Å². The quantitative estimate of drug-likeness (QED) is 0.113. The van der Waals surface area contributed by atoms with Crippen molar-refractivity contribution < 1.29 is 58.4 Å². The van der Waals surface area contributed by atoms with Gasteiger partial charge >= 0.3 is 0 Å². The van der Waals surface area contributed by atoms with E-state index in [9.17, 15) is 34.7 Å². The number of hydrogen-bond acceptors (Lipinski definition) is 12. The molecule has 2 aromatic carbocycles. The van der Waals surface area contributed by atoms with Crippen LogP contribution in [0, 0.1) is 5.82 Å². The number of fused-ring (bicyclic) bond motifs is 1. The van der Waals surface area contributed by atoms with Crippen LogP contribution in [0.5, 0.6) is 11.5 Å². The van der Waals surface area contributed by atoms with Gasteiger partial charge in [0.05, 0.1) is 11.7 Å². The average molecular weight is 681 g/mol. The van der Waals surface area contributed by atoms with Crippen molar-refractivity contribution in [1.82, 2.24) is 5.32 Å². The van der Waals surface area contributed by atoms with E-state index in [1.54, 1.807) is 19.1 Å². The van der Waals surface area contributed by atoms with Gasteiger partial charge in [0, 0.05) is 10.6 Å². The smallest absolute Gasteiger partial charge is 0.247 e. The summed E-state index contributed by atoms with van der Waals surface area (Å²) in [5.41, 5.74) is 5.73. The summed E-state index contributed by atoms with van der Waals surface area (Å²) in [7, 11) is 0. The zero-order valence-electron chi connectivity index (χ0n) is 25.7. The van der Waals surface area contributed by atoms with Gasteiger partial charge in [-0.2, -0.15) is 0 Å². The predicted molar refractivity (Wildman–Crippen MR) is 166 cm³/mol. The number of aliphatic hydroxyl groups is 5. The molecule has 3 aliphatic rings. The first-order chi connectivity index (χ1) is 22.2. The maximum absolute atomic E-state index is 14.0. The summed E-state index contributed by atoms with van der Waals surface area (Å²) in [6.07, 6.45) is -6.57. The molecule has 10 atom stereocenters. The number of aliphatic hydroxyl groups excluding tert-OH is 4.